The zero-order chi connectivity index (χ0) is 17.9. The highest BCUT2D eigenvalue weighted by atomic mass is 32.2. The first-order valence-corrected chi connectivity index (χ1v) is 9.73. The fourth-order valence-electron chi connectivity index (χ4n) is 3.27. The Kier molecular flexibility index (Phi) is 4.93. The molecule has 1 unspecified atom stereocenters. The summed E-state index contributed by atoms with van der Waals surface area (Å²) in [6.07, 6.45) is 0.940. The van der Waals surface area contributed by atoms with Gasteiger partial charge in [0.25, 0.3) is 0 Å². The van der Waals surface area contributed by atoms with Gasteiger partial charge in [0.15, 0.2) is 0 Å². The van der Waals surface area contributed by atoms with Crippen molar-refractivity contribution in [2.45, 2.75) is 11.8 Å². The van der Waals surface area contributed by atoms with E-state index in [2.05, 4.69) is 12.1 Å². The highest BCUT2D eigenvalue weighted by Gasteiger charge is 2.33. The lowest BCUT2D eigenvalue weighted by atomic mass is 10.1. The summed E-state index contributed by atoms with van der Waals surface area (Å²) in [6, 6.07) is 13.7. The number of thioether (sulfide) groups is 1. The average molecular weight is 371 g/mol. The molecule has 0 bridgehead atoms. The Morgan fingerprint density at radius 3 is 2.81 bits per heavy atom. The highest BCUT2D eigenvalue weighted by Crippen LogP contribution is 2.40. The van der Waals surface area contributed by atoms with E-state index < -0.39 is 0 Å². The Morgan fingerprint density at radius 2 is 2.00 bits per heavy atom. The topological polar surface area (TPSA) is 48.0 Å². The molecule has 2 heterocycles. The van der Waals surface area contributed by atoms with E-state index in [0.29, 0.717) is 18.9 Å². The number of amides is 1. The van der Waals surface area contributed by atoms with Gasteiger partial charge in [-0.3, -0.25) is 4.79 Å². The molecule has 2 aliphatic heterocycles. The van der Waals surface area contributed by atoms with Crippen molar-refractivity contribution in [3.8, 4) is 17.2 Å². The van der Waals surface area contributed by atoms with Gasteiger partial charge < -0.3 is 19.1 Å². The van der Waals surface area contributed by atoms with Crippen molar-refractivity contribution >= 4 is 17.7 Å². The van der Waals surface area contributed by atoms with Crippen LogP contribution in [-0.4, -0.2) is 43.4 Å². The number of fused-ring (bicyclic) bond motifs is 1. The molecule has 0 spiro atoms. The van der Waals surface area contributed by atoms with E-state index in [9.17, 15) is 4.79 Å². The van der Waals surface area contributed by atoms with Gasteiger partial charge in [0.1, 0.15) is 29.2 Å². The third kappa shape index (κ3) is 3.46. The van der Waals surface area contributed by atoms with Gasteiger partial charge in [-0.2, -0.15) is 0 Å². The molecule has 2 aromatic carbocycles. The summed E-state index contributed by atoms with van der Waals surface area (Å²) in [5, 5.41) is 0.0490. The van der Waals surface area contributed by atoms with Crippen molar-refractivity contribution in [3.63, 3.8) is 0 Å². The summed E-state index contributed by atoms with van der Waals surface area (Å²) in [4.78, 5) is 14.2. The maximum Gasteiger partial charge on any atom is 0.233 e. The Labute approximate surface area is 157 Å². The first-order valence-electron chi connectivity index (χ1n) is 8.68. The molecule has 0 N–H and O–H groups in total. The van der Waals surface area contributed by atoms with Crippen LogP contribution in [0.3, 0.4) is 0 Å². The molecule has 0 saturated carbocycles. The van der Waals surface area contributed by atoms with Crippen molar-refractivity contribution in [2.75, 3.05) is 32.6 Å². The van der Waals surface area contributed by atoms with Gasteiger partial charge in [-0.25, -0.2) is 0 Å². The molecule has 2 aliphatic rings. The van der Waals surface area contributed by atoms with Crippen LogP contribution in [-0.2, 0) is 11.2 Å². The second-order valence-corrected chi connectivity index (χ2v) is 7.31. The highest BCUT2D eigenvalue weighted by molar-refractivity contribution is 8.00. The first-order chi connectivity index (χ1) is 12.7. The Morgan fingerprint density at radius 1 is 1.19 bits per heavy atom. The van der Waals surface area contributed by atoms with E-state index in [-0.39, 0.29) is 11.3 Å². The quantitative estimate of drug-likeness (QED) is 0.780. The number of benzene rings is 2. The van der Waals surface area contributed by atoms with Gasteiger partial charge in [0.05, 0.1) is 26.0 Å². The normalized spacial score (nSPS) is 18.6. The molecule has 0 aliphatic carbocycles. The third-order valence-electron chi connectivity index (χ3n) is 4.63. The minimum atomic E-state index is 0.0490. The van der Waals surface area contributed by atoms with E-state index in [4.69, 9.17) is 14.2 Å². The average Bonchev–Trinajstić information content (AvgIpc) is 3.28. The molecule has 4 rings (SSSR count). The van der Waals surface area contributed by atoms with Gasteiger partial charge in [0, 0.05) is 6.42 Å². The van der Waals surface area contributed by atoms with Crippen LogP contribution in [0.4, 0.5) is 0 Å². The van der Waals surface area contributed by atoms with Gasteiger partial charge in [-0.1, -0.05) is 6.07 Å². The number of hydrogen-bond acceptors (Lipinski definition) is 5. The van der Waals surface area contributed by atoms with E-state index >= 15 is 0 Å². The Hall–Kier alpha value is -2.34. The summed E-state index contributed by atoms with van der Waals surface area (Å²) in [7, 11) is 1.64. The van der Waals surface area contributed by atoms with Crippen molar-refractivity contribution in [1.29, 1.82) is 0 Å². The minimum absolute atomic E-state index is 0.0490. The van der Waals surface area contributed by atoms with Crippen LogP contribution in [0.25, 0.3) is 0 Å². The Bertz CT molecular complexity index is 793. The van der Waals surface area contributed by atoms with E-state index in [1.54, 1.807) is 18.9 Å². The smallest absolute Gasteiger partial charge is 0.233 e. The zero-order valence-corrected chi connectivity index (χ0v) is 15.5. The SMILES string of the molecule is COc1ccc(OCCN2C(=O)CSC2c2ccc3c(c2)CCO3)cc1. The standard InChI is InChI=1S/C20H21NO4S/c1-23-16-3-5-17(6-4-16)24-11-9-21-19(22)13-26-20(21)15-2-7-18-14(12-15)8-10-25-18/h2-7,12,20H,8-11,13H2,1H3. The lowest BCUT2D eigenvalue weighted by molar-refractivity contribution is -0.128. The molecule has 0 aromatic heterocycles. The molecule has 1 atom stereocenters. The fraction of sp³-hybridized carbons (Fsp3) is 0.350. The number of nitrogens with zero attached hydrogens (tertiary/aromatic N) is 1. The van der Waals surface area contributed by atoms with Gasteiger partial charge >= 0.3 is 0 Å². The number of ether oxygens (including phenoxy) is 3. The van der Waals surface area contributed by atoms with Crippen LogP contribution < -0.4 is 14.2 Å². The molecule has 6 heteroatoms. The maximum atomic E-state index is 12.3. The van der Waals surface area contributed by atoms with Crippen LogP contribution in [0, 0.1) is 0 Å². The molecular formula is C20H21NO4S. The summed E-state index contributed by atoms with van der Waals surface area (Å²) >= 11 is 1.67. The second-order valence-electron chi connectivity index (χ2n) is 6.24. The van der Waals surface area contributed by atoms with Crippen LogP contribution in [0.1, 0.15) is 16.5 Å². The molecule has 5 nitrogen and oxygen atoms in total. The molecule has 1 saturated heterocycles. The molecular weight excluding hydrogens is 350 g/mol. The van der Waals surface area contributed by atoms with E-state index in [1.807, 2.05) is 35.2 Å². The number of carbonyl (C=O) groups is 1. The number of rotatable bonds is 6. The first kappa shape index (κ1) is 17.1. The van der Waals surface area contributed by atoms with Crippen molar-refractivity contribution < 1.29 is 19.0 Å². The van der Waals surface area contributed by atoms with Crippen LogP contribution >= 0.6 is 11.8 Å². The van der Waals surface area contributed by atoms with Gasteiger partial charge in [-0.05, 0) is 47.5 Å². The fourth-order valence-corrected chi connectivity index (χ4v) is 4.47. The molecule has 26 heavy (non-hydrogen) atoms. The van der Waals surface area contributed by atoms with E-state index in [1.165, 1.54) is 5.56 Å². The molecule has 2 aromatic rings. The largest absolute Gasteiger partial charge is 0.497 e. The van der Waals surface area contributed by atoms with Gasteiger partial charge in [-0.15, -0.1) is 11.8 Å². The monoisotopic (exact) mass is 371 g/mol. The van der Waals surface area contributed by atoms with Crippen molar-refractivity contribution in [3.05, 3.63) is 53.6 Å². The number of hydrogen-bond donors (Lipinski definition) is 0. The zero-order valence-electron chi connectivity index (χ0n) is 14.6. The predicted molar refractivity (Wildman–Crippen MR) is 101 cm³/mol. The number of carbonyl (C=O) groups excluding carboxylic acids is 1. The lowest BCUT2D eigenvalue weighted by Gasteiger charge is -2.24. The van der Waals surface area contributed by atoms with E-state index in [0.717, 1.165) is 35.8 Å². The number of methoxy groups -OCH3 is 1. The van der Waals surface area contributed by atoms with Crippen LogP contribution in [0.2, 0.25) is 0 Å². The second kappa shape index (κ2) is 7.50. The van der Waals surface area contributed by atoms with Gasteiger partial charge in [0.2, 0.25) is 5.91 Å². The van der Waals surface area contributed by atoms with Crippen LogP contribution in [0.5, 0.6) is 17.2 Å². The summed E-state index contributed by atoms with van der Waals surface area (Å²) in [5.41, 5.74) is 2.39. The lowest BCUT2D eigenvalue weighted by Crippen LogP contribution is -2.32. The molecule has 0 radical (unpaired) electrons. The maximum absolute atomic E-state index is 12.3. The summed E-state index contributed by atoms with van der Waals surface area (Å²) in [5.74, 6) is 3.22. The third-order valence-corrected chi connectivity index (χ3v) is 5.88. The van der Waals surface area contributed by atoms with Crippen molar-refractivity contribution in [2.24, 2.45) is 0 Å². The summed E-state index contributed by atoms with van der Waals surface area (Å²) in [6.45, 7) is 1.77. The predicted octanol–water partition coefficient (Wildman–Crippen LogP) is 3.28. The minimum Gasteiger partial charge on any atom is -0.497 e. The Balaban J connectivity index is 1.40. The molecule has 1 fully saturated rings. The molecule has 1 amide bonds. The molecule has 136 valence electrons. The van der Waals surface area contributed by atoms with Crippen LogP contribution in [0.15, 0.2) is 42.5 Å². The van der Waals surface area contributed by atoms with Crippen molar-refractivity contribution in [1.82, 2.24) is 4.90 Å². The summed E-state index contributed by atoms with van der Waals surface area (Å²) < 4.78 is 16.5.